The first-order valence-corrected chi connectivity index (χ1v) is 11.3. The molecule has 32 heavy (non-hydrogen) atoms. The van der Waals surface area contributed by atoms with Crippen LogP contribution in [0.4, 0.5) is 5.69 Å². The molecule has 0 spiro atoms. The molecule has 168 valence electrons. The van der Waals surface area contributed by atoms with E-state index in [1.807, 2.05) is 56.3 Å². The molecule has 0 saturated carbocycles. The van der Waals surface area contributed by atoms with Gasteiger partial charge >= 0.3 is 0 Å². The average molecular weight is 454 g/mol. The normalized spacial score (nSPS) is 15.5. The van der Waals surface area contributed by atoms with E-state index in [1.54, 1.807) is 26.4 Å². The van der Waals surface area contributed by atoms with Crippen molar-refractivity contribution >= 4 is 40.5 Å². The minimum Gasteiger partial charge on any atom is -0.497 e. The van der Waals surface area contributed by atoms with Crippen LogP contribution in [0.15, 0.2) is 59.2 Å². The van der Waals surface area contributed by atoms with Gasteiger partial charge in [0.15, 0.2) is 5.17 Å². The largest absolute Gasteiger partial charge is 0.497 e. The lowest BCUT2D eigenvalue weighted by molar-refractivity contribution is -0.119. The van der Waals surface area contributed by atoms with Gasteiger partial charge in [0.1, 0.15) is 17.2 Å². The number of carbonyl (C=O) groups is 2. The molecule has 2 amide bonds. The van der Waals surface area contributed by atoms with Crippen LogP contribution in [0, 0.1) is 0 Å². The van der Waals surface area contributed by atoms with Crippen molar-refractivity contribution in [2.24, 2.45) is 4.99 Å². The standard InChI is InChI=1S/C24H27N3O4S/c1-5-16(2)25-22(28)15-32-24-26-21(13-17-9-11-19(30-3)12-10-17)23(29)27(24)18-7-6-8-20(14-18)31-4/h6-14,16H,5,15H2,1-4H3,(H,25,28)/b21-13-. The molecular formula is C24H27N3O4S. The lowest BCUT2D eigenvalue weighted by atomic mass is 10.2. The number of rotatable bonds is 8. The van der Waals surface area contributed by atoms with E-state index in [2.05, 4.69) is 10.3 Å². The predicted molar refractivity (Wildman–Crippen MR) is 129 cm³/mol. The first-order valence-electron chi connectivity index (χ1n) is 10.3. The molecule has 0 fully saturated rings. The van der Waals surface area contributed by atoms with E-state index in [4.69, 9.17) is 9.47 Å². The molecule has 0 aliphatic carbocycles. The number of ether oxygens (including phenoxy) is 2. The molecule has 0 radical (unpaired) electrons. The summed E-state index contributed by atoms with van der Waals surface area (Å²) in [5.74, 6) is 1.15. The molecule has 0 aromatic heterocycles. The van der Waals surface area contributed by atoms with Gasteiger partial charge in [-0.05, 0) is 49.2 Å². The van der Waals surface area contributed by atoms with Crippen LogP contribution in [-0.2, 0) is 9.59 Å². The van der Waals surface area contributed by atoms with Crippen molar-refractivity contribution < 1.29 is 19.1 Å². The summed E-state index contributed by atoms with van der Waals surface area (Å²) in [5, 5.41) is 3.38. The Bertz CT molecular complexity index is 1030. The molecule has 3 rings (SSSR count). The highest BCUT2D eigenvalue weighted by molar-refractivity contribution is 8.14. The second-order valence-corrected chi connectivity index (χ2v) is 8.15. The number of methoxy groups -OCH3 is 2. The summed E-state index contributed by atoms with van der Waals surface area (Å²) in [6.45, 7) is 3.97. The minimum absolute atomic E-state index is 0.0928. The molecule has 1 heterocycles. The number of thioether (sulfide) groups is 1. The number of anilines is 1. The Morgan fingerprint density at radius 2 is 1.88 bits per heavy atom. The van der Waals surface area contributed by atoms with Crippen molar-refractivity contribution in [3.63, 3.8) is 0 Å². The Hall–Kier alpha value is -3.26. The molecule has 8 heteroatoms. The summed E-state index contributed by atoms with van der Waals surface area (Å²) in [6, 6.07) is 14.6. The van der Waals surface area contributed by atoms with Crippen LogP contribution in [0.3, 0.4) is 0 Å². The molecule has 1 aliphatic heterocycles. The third-order valence-corrected chi connectivity index (χ3v) is 5.85. The van der Waals surface area contributed by atoms with Gasteiger partial charge in [-0.15, -0.1) is 0 Å². The second kappa shape index (κ2) is 10.9. The van der Waals surface area contributed by atoms with Gasteiger partial charge in [0.2, 0.25) is 5.91 Å². The molecule has 1 atom stereocenters. The number of amides is 2. The smallest absolute Gasteiger partial charge is 0.283 e. The van der Waals surface area contributed by atoms with Gasteiger partial charge in [0, 0.05) is 12.1 Å². The number of hydrogen-bond donors (Lipinski definition) is 1. The number of hydrogen-bond acceptors (Lipinski definition) is 6. The summed E-state index contributed by atoms with van der Waals surface area (Å²) in [6.07, 6.45) is 2.57. The van der Waals surface area contributed by atoms with E-state index >= 15 is 0 Å². The molecule has 2 aromatic carbocycles. The number of amidine groups is 1. The monoisotopic (exact) mass is 453 g/mol. The Morgan fingerprint density at radius 3 is 2.53 bits per heavy atom. The minimum atomic E-state index is -0.265. The number of benzene rings is 2. The highest BCUT2D eigenvalue weighted by Gasteiger charge is 2.32. The van der Waals surface area contributed by atoms with E-state index in [0.717, 1.165) is 17.7 Å². The molecular weight excluding hydrogens is 426 g/mol. The fourth-order valence-corrected chi connectivity index (χ4v) is 3.80. The zero-order valence-electron chi connectivity index (χ0n) is 18.6. The maximum absolute atomic E-state index is 13.3. The molecule has 1 N–H and O–H groups in total. The van der Waals surface area contributed by atoms with Crippen molar-refractivity contribution in [2.75, 3.05) is 24.9 Å². The third-order valence-electron chi connectivity index (χ3n) is 4.91. The maximum atomic E-state index is 13.3. The van der Waals surface area contributed by atoms with Crippen LogP contribution in [0.2, 0.25) is 0 Å². The summed E-state index contributed by atoms with van der Waals surface area (Å²) in [5.41, 5.74) is 1.74. The highest BCUT2D eigenvalue weighted by Crippen LogP contribution is 2.31. The van der Waals surface area contributed by atoms with Gasteiger partial charge in [-0.25, -0.2) is 4.99 Å². The zero-order chi connectivity index (χ0) is 23.1. The Labute approximate surface area is 192 Å². The van der Waals surface area contributed by atoms with Crippen LogP contribution in [0.5, 0.6) is 11.5 Å². The fraction of sp³-hybridized carbons (Fsp3) is 0.292. The summed E-state index contributed by atoms with van der Waals surface area (Å²) in [7, 11) is 3.17. The van der Waals surface area contributed by atoms with Crippen LogP contribution >= 0.6 is 11.8 Å². The lowest BCUT2D eigenvalue weighted by Gasteiger charge is -2.18. The molecule has 1 aliphatic rings. The van der Waals surface area contributed by atoms with E-state index in [9.17, 15) is 9.59 Å². The molecule has 7 nitrogen and oxygen atoms in total. The molecule has 1 unspecified atom stereocenters. The van der Waals surface area contributed by atoms with Crippen LogP contribution in [0.1, 0.15) is 25.8 Å². The van der Waals surface area contributed by atoms with Crippen molar-refractivity contribution in [1.29, 1.82) is 0 Å². The lowest BCUT2D eigenvalue weighted by Crippen LogP contribution is -2.35. The molecule has 2 aromatic rings. The Balaban J connectivity index is 1.89. The van der Waals surface area contributed by atoms with Gasteiger partial charge in [-0.1, -0.05) is 36.9 Å². The summed E-state index contributed by atoms with van der Waals surface area (Å²) >= 11 is 1.23. The maximum Gasteiger partial charge on any atom is 0.283 e. The van der Waals surface area contributed by atoms with Crippen molar-refractivity contribution in [3.05, 3.63) is 59.8 Å². The average Bonchev–Trinajstić information content (AvgIpc) is 3.12. The number of carbonyl (C=O) groups excluding carboxylic acids is 2. The number of nitrogens with one attached hydrogen (secondary N) is 1. The van der Waals surface area contributed by atoms with E-state index in [-0.39, 0.29) is 23.6 Å². The van der Waals surface area contributed by atoms with Crippen LogP contribution in [0.25, 0.3) is 6.08 Å². The van der Waals surface area contributed by atoms with Gasteiger partial charge in [0.05, 0.1) is 25.7 Å². The Morgan fingerprint density at radius 1 is 1.16 bits per heavy atom. The molecule has 0 saturated heterocycles. The number of nitrogens with zero attached hydrogens (tertiary/aromatic N) is 2. The van der Waals surface area contributed by atoms with E-state index in [1.165, 1.54) is 16.7 Å². The van der Waals surface area contributed by atoms with Crippen molar-refractivity contribution in [3.8, 4) is 11.5 Å². The van der Waals surface area contributed by atoms with Crippen LogP contribution < -0.4 is 19.7 Å². The molecule has 0 bridgehead atoms. The first kappa shape index (κ1) is 23.4. The van der Waals surface area contributed by atoms with Gasteiger partial charge in [0.25, 0.3) is 5.91 Å². The summed E-state index contributed by atoms with van der Waals surface area (Å²) < 4.78 is 10.5. The van der Waals surface area contributed by atoms with E-state index in [0.29, 0.717) is 22.3 Å². The fourth-order valence-electron chi connectivity index (χ4n) is 2.98. The van der Waals surface area contributed by atoms with Gasteiger partial charge < -0.3 is 14.8 Å². The Kier molecular flexibility index (Phi) is 7.94. The zero-order valence-corrected chi connectivity index (χ0v) is 19.4. The first-order chi connectivity index (χ1) is 15.4. The van der Waals surface area contributed by atoms with E-state index < -0.39 is 0 Å². The highest BCUT2D eigenvalue weighted by atomic mass is 32.2. The third kappa shape index (κ3) is 5.70. The second-order valence-electron chi connectivity index (χ2n) is 7.20. The predicted octanol–water partition coefficient (Wildman–Crippen LogP) is 4.10. The number of aliphatic imine (C=N–C) groups is 1. The summed E-state index contributed by atoms with van der Waals surface area (Å²) in [4.78, 5) is 31.6. The van der Waals surface area contributed by atoms with Gasteiger partial charge in [-0.2, -0.15) is 0 Å². The van der Waals surface area contributed by atoms with Crippen LogP contribution in [-0.4, -0.2) is 43.0 Å². The van der Waals surface area contributed by atoms with Crippen molar-refractivity contribution in [2.45, 2.75) is 26.3 Å². The quantitative estimate of drug-likeness (QED) is 0.609. The van der Waals surface area contributed by atoms with Crippen molar-refractivity contribution in [1.82, 2.24) is 5.32 Å². The van der Waals surface area contributed by atoms with Gasteiger partial charge in [-0.3, -0.25) is 14.5 Å². The SMILES string of the molecule is CCC(C)NC(=O)CSC1=N/C(=C\c2ccc(OC)cc2)C(=O)N1c1cccc(OC)c1. The topological polar surface area (TPSA) is 80.2 Å².